The fourth-order valence-corrected chi connectivity index (χ4v) is 1.56. The fourth-order valence-electron chi connectivity index (χ4n) is 1.56. The summed E-state index contributed by atoms with van der Waals surface area (Å²) in [6, 6.07) is 2.87. The highest BCUT2D eigenvalue weighted by Crippen LogP contribution is 2.34. The second kappa shape index (κ2) is 3.04. The lowest BCUT2D eigenvalue weighted by Crippen LogP contribution is -2.22. The van der Waals surface area contributed by atoms with Crippen LogP contribution in [0.3, 0.4) is 0 Å². The lowest BCUT2D eigenvalue weighted by atomic mass is 9.98. The van der Waals surface area contributed by atoms with Crippen LogP contribution >= 0.6 is 0 Å². The number of halogens is 1. The van der Waals surface area contributed by atoms with Crippen molar-refractivity contribution in [2.75, 3.05) is 0 Å². The fraction of sp³-hybridized carbons (Fsp3) is 0.400. The molecule has 1 aliphatic heterocycles. The molecule has 0 amide bonds. The standard InChI is InChI=1S/C10H10FNO2/c1-10(5-4-9(13)14-10)8-3-2-7(11)6-12-8/h2-3,6H,4-5H2,1H3. The number of ether oxygens (including phenoxy) is 1. The van der Waals surface area contributed by atoms with Crippen molar-refractivity contribution in [3.8, 4) is 0 Å². The molecule has 14 heavy (non-hydrogen) atoms. The summed E-state index contributed by atoms with van der Waals surface area (Å²) in [7, 11) is 0. The predicted molar refractivity (Wildman–Crippen MR) is 46.9 cm³/mol. The first-order valence-electron chi connectivity index (χ1n) is 4.44. The minimum atomic E-state index is -0.676. The van der Waals surface area contributed by atoms with Crippen LogP contribution in [-0.2, 0) is 15.1 Å². The van der Waals surface area contributed by atoms with Crippen molar-refractivity contribution in [2.45, 2.75) is 25.4 Å². The smallest absolute Gasteiger partial charge is 0.306 e. The molecule has 0 spiro atoms. The number of aromatic nitrogens is 1. The molecular weight excluding hydrogens is 185 g/mol. The van der Waals surface area contributed by atoms with Crippen molar-refractivity contribution < 1.29 is 13.9 Å². The van der Waals surface area contributed by atoms with E-state index in [9.17, 15) is 9.18 Å². The maximum absolute atomic E-state index is 12.6. The Bertz CT molecular complexity index is 363. The van der Waals surface area contributed by atoms with Crippen molar-refractivity contribution in [2.24, 2.45) is 0 Å². The third kappa shape index (κ3) is 1.47. The van der Waals surface area contributed by atoms with Gasteiger partial charge in [-0.05, 0) is 19.1 Å². The number of pyridine rings is 1. The van der Waals surface area contributed by atoms with Gasteiger partial charge < -0.3 is 4.74 Å². The zero-order chi connectivity index (χ0) is 10.2. The third-order valence-electron chi connectivity index (χ3n) is 2.41. The Morgan fingerprint density at radius 3 is 2.86 bits per heavy atom. The molecule has 2 heterocycles. The summed E-state index contributed by atoms with van der Waals surface area (Å²) in [5.74, 6) is -0.611. The lowest BCUT2D eigenvalue weighted by Gasteiger charge is -2.21. The van der Waals surface area contributed by atoms with Gasteiger partial charge in [-0.1, -0.05) is 0 Å². The first-order valence-corrected chi connectivity index (χ1v) is 4.44. The molecular formula is C10H10FNO2. The maximum atomic E-state index is 12.6. The highest BCUT2D eigenvalue weighted by molar-refractivity contribution is 5.72. The molecule has 1 atom stereocenters. The first kappa shape index (κ1) is 9.12. The molecule has 74 valence electrons. The van der Waals surface area contributed by atoms with E-state index >= 15 is 0 Å². The van der Waals surface area contributed by atoms with Crippen LogP contribution in [0.4, 0.5) is 4.39 Å². The van der Waals surface area contributed by atoms with Crippen molar-refractivity contribution in [1.29, 1.82) is 0 Å². The molecule has 0 aromatic carbocycles. The zero-order valence-corrected chi connectivity index (χ0v) is 7.79. The second-order valence-corrected chi connectivity index (χ2v) is 3.57. The van der Waals surface area contributed by atoms with Gasteiger partial charge in [0.2, 0.25) is 0 Å². The summed E-state index contributed by atoms with van der Waals surface area (Å²) in [5.41, 5.74) is -0.0742. The molecule has 1 aromatic heterocycles. The lowest BCUT2D eigenvalue weighted by molar-refractivity contribution is -0.148. The van der Waals surface area contributed by atoms with E-state index in [2.05, 4.69) is 4.98 Å². The molecule has 0 N–H and O–H groups in total. The number of nitrogens with zero attached hydrogens (tertiary/aromatic N) is 1. The topological polar surface area (TPSA) is 39.2 Å². The van der Waals surface area contributed by atoms with E-state index in [1.165, 1.54) is 6.07 Å². The molecule has 0 saturated carbocycles. The van der Waals surface area contributed by atoms with Crippen LogP contribution in [0.1, 0.15) is 25.5 Å². The second-order valence-electron chi connectivity index (χ2n) is 3.57. The molecule has 1 aliphatic rings. The number of hydrogen-bond acceptors (Lipinski definition) is 3. The monoisotopic (exact) mass is 195 g/mol. The van der Waals surface area contributed by atoms with Gasteiger partial charge >= 0.3 is 5.97 Å². The summed E-state index contributed by atoms with van der Waals surface area (Å²) in [5, 5.41) is 0. The van der Waals surface area contributed by atoms with E-state index in [1.807, 2.05) is 0 Å². The van der Waals surface area contributed by atoms with Gasteiger partial charge in [0.05, 0.1) is 11.9 Å². The van der Waals surface area contributed by atoms with Crippen molar-refractivity contribution in [1.82, 2.24) is 4.98 Å². The van der Waals surface area contributed by atoms with Crippen LogP contribution in [0.2, 0.25) is 0 Å². The number of cyclic esters (lactones) is 1. The Hall–Kier alpha value is -1.45. The van der Waals surface area contributed by atoms with Crippen LogP contribution in [0.5, 0.6) is 0 Å². The van der Waals surface area contributed by atoms with Crippen LogP contribution in [0, 0.1) is 5.82 Å². The number of carbonyl (C=O) groups excluding carboxylic acids is 1. The molecule has 0 bridgehead atoms. The molecule has 0 aliphatic carbocycles. The third-order valence-corrected chi connectivity index (χ3v) is 2.41. The van der Waals surface area contributed by atoms with E-state index in [-0.39, 0.29) is 11.8 Å². The van der Waals surface area contributed by atoms with Gasteiger partial charge in [0, 0.05) is 12.8 Å². The zero-order valence-electron chi connectivity index (χ0n) is 7.79. The van der Waals surface area contributed by atoms with E-state index in [0.29, 0.717) is 18.5 Å². The SMILES string of the molecule is CC1(c2ccc(F)cn2)CCC(=O)O1. The Balaban J connectivity index is 2.30. The number of rotatable bonds is 1. The molecule has 1 unspecified atom stereocenters. The summed E-state index contributed by atoms with van der Waals surface area (Å²) in [6.07, 6.45) is 2.13. The van der Waals surface area contributed by atoms with E-state index < -0.39 is 5.60 Å². The predicted octanol–water partition coefficient (Wildman–Crippen LogP) is 1.77. The first-order chi connectivity index (χ1) is 6.60. The number of hydrogen-bond donors (Lipinski definition) is 0. The average molecular weight is 195 g/mol. The molecule has 1 fully saturated rings. The van der Waals surface area contributed by atoms with Gasteiger partial charge in [0.15, 0.2) is 5.60 Å². The average Bonchev–Trinajstić information content (AvgIpc) is 2.48. The number of carbonyl (C=O) groups is 1. The Labute approximate surface area is 80.9 Å². The normalized spacial score (nSPS) is 26.3. The summed E-state index contributed by atoms with van der Waals surface area (Å²) in [4.78, 5) is 14.9. The van der Waals surface area contributed by atoms with Crippen LogP contribution in [0.25, 0.3) is 0 Å². The van der Waals surface area contributed by atoms with Gasteiger partial charge in [0.1, 0.15) is 5.82 Å². The number of esters is 1. The Kier molecular flexibility index (Phi) is 1.98. The molecule has 1 aromatic rings. The maximum Gasteiger partial charge on any atom is 0.306 e. The largest absolute Gasteiger partial charge is 0.453 e. The van der Waals surface area contributed by atoms with E-state index in [0.717, 1.165) is 6.20 Å². The molecule has 3 nitrogen and oxygen atoms in total. The van der Waals surface area contributed by atoms with Crippen molar-refractivity contribution >= 4 is 5.97 Å². The van der Waals surface area contributed by atoms with E-state index in [4.69, 9.17) is 4.74 Å². The molecule has 2 rings (SSSR count). The van der Waals surface area contributed by atoms with Gasteiger partial charge in [-0.3, -0.25) is 9.78 Å². The molecule has 4 heteroatoms. The van der Waals surface area contributed by atoms with Gasteiger partial charge in [-0.15, -0.1) is 0 Å². The highest BCUT2D eigenvalue weighted by atomic mass is 19.1. The van der Waals surface area contributed by atoms with Crippen LogP contribution in [0.15, 0.2) is 18.3 Å². The Morgan fingerprint density at radius 2 is 2.36 bits per heavy atom. The molecule has 1 saturated heterocycles. The van der Waals surface area contributed by atoms with Crippen LogP contribution in [-0.4, -0.2) is 11.0 Å². The summed E-state index contributed by atoms with van der Waals surface area (Å²) < 4.78 is 17.8. The highest BCUT2D eigenvalue weighted by Gasteiger charge is 2.38. The van der Waals surface area contributed by atoms with Crippen molar-refractivity contribution in [3.63, 3.8) is 0 Å². The Morgan fingerprint density at radius 1 is 1.57 bits per heavy atom. The van der Waals surface area contributed by atoms with Gasteiger partial charge in [-0.2, -0.15) is 0 Å². The summed E-state index contributed by atoms with van der Waals surface area (Å²) in [6.45, 7) is 1.79. The minimum Gasteiger partial charge on any atom is -0.453 e. The van der Waals surface area contributed by atoms with Crippen LogP contribution < -0.4 is 0 Å². The molecule has 0 radical (unpaired) electrons. The van der Waals surface area contributed by atoms with Gasteiger partial charge in [0.25, 0.3) is 0 Å². The van der Waals surface area contributed by atoms with E-state index in [1.54, 1.807) is 13.0 Å². The van der Waals surface area contributed by atoms with Gasteiger partial charge in [-0.25, -0.2) is 4.39 Å². The van der Waals surface area contributed by atoms with Crippen molar-refractivity contribution in [3.05, 3.63) is 29.8 Å². The summed E-state index contributed by atoms with van der Waals surface area (Å²) >= 11 is 0. The minimum absolute atomic E-state index is 0.223. The quantitative estimate of drug-likeness (QED) is 0.641.